The predicted octanol–water partition coefficient (Wildman–Crippen LogP) is 2.97. The Kier molecular flexibility index (Phi) is 4.44. The highest BCUT2D eigenvalue weighted by molar-refractivity contribution is 7.15. The van der Waals surface area contributed by atoms with Gasteiger partial charge in [-0.15, -0.1) is 11.3 Å². The molecule has 0 bridgehead atoms. The van der Waals surface area contributed by atoms with E-state index in [-0.39, 0.29) is 22.8 Å². The number of aryl methyl sites for hydroxylation is 1. The lowest BCUT2D eigenvalue weighted by molar-refractivity contribution is 0.0697. The normalized spacial score (nSPS) is 11.5. The van der Waals surface area contributed by atoms with Crippen LogP contribution < -0.4 is 5.73 Å². The Hall–Kier alpha value is -3.26. The predicted molar refractivity (Wildman–Crippen MR) is 95.0 cm³/mol. The summed E-state index contributed by atoms with van der Waals surface area (Å²) in [6.07, 6.45) is 0. The van der Waals surface area contributed by atoms with Crippen molar-refractivity contribution in [1.29, 1.82) is 0 Å². The van der Waals surface area contributed by atoms with Crippen LogP contribution in [-0.4, -0.2) is 32.1 Å². The van der Waals surface area contributed by atoms with Gasteiger partial charge in [0.05, 0.1) is 5.56 Å². The number of benzene rings is 1. The minimum absolute atomic E-state index is 0.00232. The molecule has 4 N–H and O–H groups in total. The van der Waals surface area contributed by atoms with E-state index in [1.807, 2.05) is 37.3 Å². The maximum Gasteiger partial charge on any atom is 0.337 e. The van der Waals surface area contributed by atoms with E-state index in [9.17, 15) is 9.90 Å². The van der Waals surface area contributed by atoms with Crippen LogP contribution in [0.1, 0.15) is 20.9 Å². The highest BCUT2D eigenvalue weighted by atomic mass is 32.1. The lowest BCUT2D eigenvalue weighted by atomic mass is 10.1. The number of thiazole rings is 1. The number of pyridine rings is 1. The Morgan fingerprint density at radius 2 is 1.84 bits per heavy atom. The highest BCUT2D eigenvalue weighted by Crippen LogP contribution is 2.34. The van der Waals surface area contributed by atoms with Crippen molar-refractivity contribution in [3.63, 3.8) is 0 Å². The third-order valence-electron chi connectivity index (χ3n) is 3.54. The third kappa shape index (κ3) is 3.20. The molecule has 0 radical (unpaired) electrons. The molecular formula is C17H14N4O3S. The van der Waals surface area contributed by atoms with Crippen molar-refractivity contribution >= 4 is 23.1 Å². The van der Waals surface area contributed by atoms with E-state index in [1.165, 1.54) is 23.5 Å². The van der Waals surface area contributed by atoms with Crippen LogP contribution in [0.15, 0.2) is 47.6 Å². The molecule has 0 aliphatic carbocycles. The molecule has 0 saturated carbocycles. The molecule has 8 heteroatoms. The van der Waals surface area contributed by atoms with E-state index < -0.39 is 5.97 Å². The van der Waals surface area contributed by atoms with Crippen LogP contribution >= 0.6 is 11.3 Å². The number of aromatic carboxylic acids is 1. The van der Waals surface area contributed by atoms with E-state index in [4.69, 9.17) is 10.9 Å². The standard InChI is InChI=1S/C17H14N4O3S/c1-9-13(20-16(25-9)10-5-3-2-4-6-10)14-11(17(22)23)7-8-12(19-14)15(18)21-24/h2-8,24H,1H3,(H2,18,21)(H,22,23). The maximum absolute atomic E-state index is 11.6. The number of hydrogen-bond donors (Lipinski definition) is 3. The van der Waals surface area contributed by atoms with Gasteiger partial charge in [0.15, 0.2) is 5.84 Å². The molecule has 25 heavy (non-hydrogen) atoms. The number of aromatic nitrogens is 2. The highest BCUT2D eigenvalue weighted by Gasteiger charge is 2.20. The molecular weight excluding hydrogens is 340 g/mol. The van der Waals surface area contributed by atoms with Crippen LogP contribution in [0.4, 0.5) is 0 Å². The first kappa shape index (κ1) is 16.6. The number of carbonyl (C=O) groups is 1. The lowest BCUT2D eigenvalue weighted by Crippen LogP contribution is -2.16. The van der Waals surface area contributed by atoms with Crippen molar-refractivity contribution in [1.82, 2.24) is 9.97 Å². The van der Waals surface area contributed by atoms with E-state index in [1.54, 1.807) is 0 Å². The van der Waals surface area contributed by atoms with Crippen LogP contribution in [0.5, 0.6) is 0 Å². The zero-order chi connectivity index (χ0) is 18.0. The molecule has 2 heterocycles. The summed E-state index contributed by atoms with van der Waals surface area (Å²) in [5.74, 6) is -1.32. The van der Waals surface area contributed by atoms with E-state index in [0.717, 1.165) is 15.4 Å². The Labute approximate surface area is 147 Å². The average molecular weight is 354 g/mol. The zero-order valence-electron chi connectivity index (χ0n) is 13.2. The molecule has 0 unspecified atom stereocenters. The SMILES string of the molecule is Cc1sc(-c2ccccc2)nc1-c1nc(C(N)=NO)ccc1C(=O)O. The van der Waals surface area contributed by atoms with Crippen molar-refractivity contribution in [3.05, 3.63) is 58.6 Å². The monoisotopic (exact) mass is 354 g/mol. The van der Waals surface area contributed by atoms with Gasteiger partial charge < -0.3 is 16.0 Å². The van der Waals surface area contributed by atoms with Gasteiger partial charge in [0.2, 0.25) is 0 Å². The Balaban J connectivity index is 2.18. The number of oxime groups is 1. The molecule has 3 aromatic rings. The number of carboxylic acids is 1. The lowest BCUT2D eigenvalue weighted by Gasteiger charge is -2.06. The van der Waals surface area contributed by atoms with E-state index in [2.05, 4.69) is 15.1 Å². The minimum atomic E-state index is -1.12. The summed E-state index contributed by atoms with van der Waals surface area (Å²) in [7, 11) is 0. The second kappa shape index (κ2) is 6.70. The molecule has 0 spiro atoms. The van der Waals surface area contributed by atoms with Crippen molar-refractivity contribution in [2.24, 2.45) is 10.9 Å². The molecule has 1 aromatic carbocycles. The topological polar surface area (TPSA) is 122 Å². The first-order valence-corrected chi connectivity index (χ1v) is 8.08. The van der Waals surface area contributed by atoms with Crippen LogP contribution in [0.2, 0.25) is 0 Å². The van der Waals surface area contributed by atoms with Gasteiger partial charge in [-0.25, -0.2) is 14.8 Å². The summed E-state index contributed by atoms with van der Waals surface area (Å²) in [6, 6.07) is 12.4. The number of nitrogens with two attached hydrogens (primary N) is 1. The smallest absolute Gasteiger partial charge is 0.337 e. The second-order valence-corrected chi connectivity index (χ2v) is 6.38. The van der Waals surface area contributed by atoms with Crippen LogP contribution in [0.25, 0.3) is 22.0 Å². The summed E-state index contributed by atoms with van der Waals surface area (Å²) in [5.41, 5.74) is 7.34. The first-order valence-electron chi connectivity index (χ1n) is 7.26. The van der Waals surface area contributed by atoms with Gasteiger partial charge in [-0.2, -0.15) is 0 Å². The van der Waals surface area contributed by atoms with E-state index >= 15 is 0 Å². The van der Waals surface area contributed by atoms with Crippen molar-refractivity contribution < 1.29 is 15.1 Å². The Bertz CT molecular complexity index is 967. The van der Waals surface area contributed by atoms with Gasteiger partial charge in [0, 0.05) is 10.4 Å². The van der Waals surface area contributed by atoms with Gasteiger partial charge in [0.25, 0.3) is 0 Å². The van der Waals surface area contributed by atoms with Gasteiger partial charge in [0.1, 0.15) is 22.1 Å². The van der Waals surface area contributed by atoms with Crippen molar-refractivity contribution in [2.75, 3.05) is 0 Å². The van der Waals surface area contributed by atoms with E-state index in [0.29, 0.717) is 5.69 Å². The first-order chi connectivity index (χ1) is 12.0. The molecule has 0 amide bonds. The molecule has 0 atom stereocenters. The minimum Gasteiger partial charge on any atom is -0.478 e. The molecule has 3 rings (SSSR count). The van der Waals surface area contributed by atoms with Gasteiger partial charge in [-0.3, -0.25) is 0 Å². The fourth-order valence-electron chi connectivity index (χ4n) is 2.33. The Morgan fingerprint density at radius 1 is 1.12 bits per heavy atom. The number of carboxylic acid groups (broad SMARTS) is 1. The largest absolute Gasteiger partial charge is 0.478 e. The fourth-order valence-corrected chi connectivity index (χ4v) is 3.25. The Morgan fingerprint density at radius 3 is 2.48 bits per heavy atom. The molecule has 0 aliphatic rings. The van der Waals surface area contributed by atoms with Crippen LogP contribution in [0.3, 0.4) is 0 Å². The molecule has 126 valence electrons. The maximum atomic E-state index is 11.6. The summed E-state index contributed by atoms with van der Waals surface area (Å²) >= 11 is 1.45. The molecule has 0 fully saturated rings. The average Bonchev–Trinajstić information content (AvgIpc) is 3.02. The summed E-state index contributed by atoms with van der Waals surface area (Å²) in [6.45, 7) is 1.85. The molecule has 2 aromatic heterocycles. The van der Waals surface area contributed by atoms with Gasteiger partial charge in [-0.05, 0) is 19.1 Å². The molecule has 0 aliphatic heterocycles. The van der Waals surface area contributed by atoms with Crippen LogP contribution in [0, 0.1) is 6.92 Å². The van der Waals surface area contributed by atoms with Crippen molar-refractivity contribution in [2.45, 2.75) is 6.92 Å². The summed E-state index contributed by atoms with van der Waals surface area (Å²) in [5, 5.41) is 22.0. The number of nitrogens with zero attached hydrogens (tertiary/aromatic N) is 3. The van der Waals surface area contributed by atoms with Crippen LogP contribution in [-0.2, 0) is 0 Å². The summed E-state index contributed by atoms with van der Waals surface area (Å²) in [4.78, 5) is 21.2. The summed E-state index contributed by atoms with van der Waals surface area (Å²) < 4.78 is 0. The van der Waals surface area contributed by atoms with Gasteiger partial charge >= 0.3 is 5.97 Å². The second-order valence-electron chi connectivity index (χ2n) is 5.17. The number of hydrogen-bond acceptors (Lipinski definition) is 6. The quantitative estimate of drug-likeness (QED) is 0.286. The third-order valence-corrected chi connectivity index (χ3v) is 4.56. The van der Waals surface area contributed by atoms with Crippen molar-refractivity contribution in [3.8, 4) is 22.0 Å². The number of amidine groups is 1. The molecule has 7 nitrogen and oxygen atoms in total. The fraction of sp³-hybridized carbons (Fsp3) is 0.0588. The zero-order valence-corrected chi connectivity index (χ0v) is 14.0. The molecule has 0 saturated heterocycles. The van der Waals surface area contributed by atoms with Gasteiger partial charge in [-0.1, -0.05) is 35.5 Å². The number of rotatable bonds is 4.